The molecule has 0 spiro atoms. The molecule has 4 heteroatoms. The molecule has 40 heavy (non-hydrogen) atoms. The van der Waals surface area contributed by atoms with Crippen LogP contribution in [0.2, 0.25) is 0 Å². The van der Waals surface area contributed by atoms with Crippen LogP contribution in [-0.4, -0.2) is 12.2 Å². The number of aliphatic hydroxyl groups is 1. The normalized spacial score (nSPS) is 22.8. The zero-order valence-electron chi connectivity index (χ0n) is 24.7. The zero-order chi connectivity index (χ0) is 28.3. The number of aliphatic hydroxyl groups excluding tert-OH is 1. The molecular formula is C36H44O4. The zero-order valence-corrected chi connectivity index (χ0v) is 24.7. The Hall–Kier alpha value is -3.24. The van der Waals surface area contributed by atoms with E-state index in [1.54, 1.807) is 7.11 Å². The molecule has 0 saturated heterocycles. The maximum Gasteiger partial charge on any atom is 0.171 e. The summed E-state index contributed by atoms with van der Waals surface area (Å²) in [4.78, 5) is 0. The smallest absolute Gasteiger partial charge is 0.171 e. The van der Waals surface area contributed by atoms with Gasteiger partial charge in [-0.25, -0.2) is 0 Å². The van der Waals surface area contributed by atoms with Crippen LogP contribution >= 0.6 is 0 Å². The van der Waals surface area contributed by atoms with Crippen LogP contribution < -0.4 is 14.2 Å². The van der Waals surface area contributed by atoms with E-state index in [4.69, 9.17) is 14.2 Å². The lowest BCUT2D eigenvalue weighted by Gasteiger charge is -2.56. The van der Waals surface area contributed by atoms with Gasteiger partial charge in [0.25, 0.3) is 0 Å². The molecule has 1 unspecified atom stereocenters. The molecule has 1 N–H and O–H groups in total. The minimum absolute atomic E-state index is 0.0912. The molecule has 2 aliphatic carbocycles. The molecule has 3 aromatic carbocycles. The van der Waals surface area contributed by atoms with Crippen LogP contribution in [0.5, 0.6) is 17.2 Å². The van der Waals surface area contributed by atoms with Crippen molar-refractivity contribution in [2.24, 2.45) is 16.7 Å². The monoisotopic (exact) mass is 540 g/mol. The Bertz CT molecular complexity index is 1330. The first-order valence-electron chi connectivity index (χ1n) is 14.7. The Morgan fingerprint density at radius 2 is 1.43 bits per heavy atom. The summed E-state index contributed by atoms with van der Waals surface area (Å²) in [6, 6.07) is 24.0. The van der Waals surface area contributed by atoms with Crippen molar-refractivity contribution in [1.29, 1.82) is 0 Å². The van der Waals surface area contributed by atoms with Crippen LogP contribution in [0, 0.1) is 16.7 Å². The van der Waals surface area contributed by atoms with Crippen molar-refractivity contribution in [3.05, 3.63) is 101 Å². The quantitative estimate of drug-likeness (QED) is 0.276. The first-order valence-corrected chi connectivity index (χ1v) is 14.7. The Kier molecular flexibility index (Phi) is 8.28. The average molecular weight is 541 g/mol. The molecule has 0 heterocycles. The van der Waals surface area contributed by atoms with Gasteiger partial charge in [0.1, 0.15) is 25.1 Å². The van der Waals surface area contributed by atoms with Gasteiger partial charge in [0.05, 0.1) is 12.7 Å². The number of hydrogen-bond acceptors (Lipinski definition) is 4. The van der Waals surface area contributed by atoms with E-state index in [0.29, 0.717) is 41.9 Å². The van der Waals surface area contributed by atoms with E-state index in [1.165, 1.54) is 18.4 Å². The molecule has 0 amide bonds. The third-order valence-electron chi connectivity index (χ3n) is 9.46. The molecule has 0 bridgehead atoms. The van der Waals surface area contributed by atoms with E-state index in [9.17, 15) is 5.11 Å². The van der Waals surface area contributed by atoms with E-state index < -0.39 is 6.10 Å². The lowest BCUT2D eigenvalue weighted by atomic mass is 9.49. The largest absolute Gasteiger partial charge is 0.496 e. The molecule has 0 aliphatic heterocycles. The van der Waals surface area contributed by atoms with Crippen LogP contribution in [0.4, 0.5) is 0 Å². The summed E-state index contributed by atoms with van der Waals surface area (Å²) in [5.41, 5.74) is 5.34. The van der Waals surface area contributed by atoms with Gasteiger partial charge < -0.3 is 19.3 Å². The van der Waals surface area contributed by atoms with Crippen molar-refractivity contribution < 1.29 is 19.3 Å². The summed E-state index contributed by atoms with van der Waals surface area (Å²) >= 11 is 0. The summed E-state index contributed by atoms with van der Waals surface area (Å²) in [5, 5.41) is 12.4. The lowest BCUT2D eigenvalue weighted by Crippen LogP contribution is -2.46. The van der Waals surface area contributed by atoms with E-state index in [-0.39, 0.29) is 10.8 Å². The van der Waals surface area contributed by atoms with Gasteiger partial charge in [0.15, 0.2) is 11.5 Å². The highest BCUT2D eigenvalue weighted by Crippen LogP contribution is 2.62. The number of ether oxygens (including phenoxy) is 3. The number of benzene rings is 3. The van der Waals surface area contributed by atoms with E-state index >= 15 is 0 Å². The average Bonchev–Trinajstić information content (AvgIpc) is 2.95. The number of hydrogen-bond donors (Lipinski definition) is 1. The van der Waals surface area contributed by atoms with Crippen LogP contribution in [0.25, 0.3) is 0 Å². The van der Waals surface area contributed by atoms with E-state index in [0.717, 1.165) is 36.0 Å². The molecule has 3 atom stereocenters. The fraction of sp³-hybridized carbons (Fsp3) is 0.444. The first-order chi connectivity index (χ1) is 19.2. The van der Waals surface area contributed by atoms with E-state index in [2.05, 4.69) is 27.7 Å². The number of allylic oxidation sites excluding steroid dienone is 1. The Balaban J connectivity index is 1.59. The second-order valence-corrected chi connectivity index (χ2v) is 12.5. The third kappa shape index (κ3) is 5.51. The second-order valence-electron chi connectivity index (χ2n) is 12.5. The summed E-state index contributed by atoms with van der Waals surface area (Å²) < 4.78 is 18.8. The molecule has 0 aromatic heterocycles. The Labute approximate surface area is 240 Å². The number of methoxy groups -OCH3 is 1. The molecule has 1 saturated carbocycles. The molecule has 2 aliphatic rings. The summed E-state index contributed by atoms with van der Waals surface area (Å²) in [6.07, 6.45) is 4.79. The van der Waals surface area contributed by atoms with Gasteiger partial charge in [-0.05, 0) is 78.2 Å². The van der Waals surface area contributed by atoms with Gasteiger partial charge in [0, 0.05) is 0 Å². The highest BCUT2D eigenvalue weighted by atomic mass is 16.5. The third-order valence-corrected chi connectivity index (χ3v) is 9.46. The van der Waals surface area contributed by atoms with Crippen LogP contribution in [0.1, 0.15) is 82.6 Å². The standard InChI is InChI=1S/C36H44O4/c1-25-17-20-30-35(2,3)21-12-22-36(30,4)32(25)33(37)31-28(38-5)18-19-29(39-23-26-13-8-6-9-14-26)34(31)40-24-27-15-10-7-11-16-27/h6-11,13-16,18-19,30,33,37H,12,17,20-24H2,1-5H3/t30-,33?,36-/m0/s1. The van der Waals surface area contributed by atoms with Gasteiger partial charge in [0.2, 0.25) is 0 Å². The molecule has 4 nitrogen and oxygen atoms in total. The molecule has 5 rings (SSSR count). The maximum absolute atomic E-state index is 12.4. The van der Waals surface area contributed by atoms with Gasteiger partial charge in [-0.3, -0.25) is 0 Å². The van der Waals surface area contributed by atoms with E-state index in [1.807, 2.05) is 72.8 Å². The van der Waals surface area contributed by atoms with Crippen molar-refractivity contribution in [1.82, 2.24) is 0 Å². The van der Waals surface area contributed by atoms with Crippen molar-refractivity contribution in [3.8, 4) is 17.2 Å². The van der Waals surface area contributed by atoms with Gasteiger partial charge in [-0.2, -0.15) is 0 Å². The molecular weight excluding hydrogens is 496 g/mol. The summed E-state index contributed by atoms with van der Waals surface area (Å²) in [5.74, 6) is 2.28. The molecule has 1 fully saturated rings. The first kappa shape index (κ1) is 28.3. The molecule has 212 valence electrons. The highest BCUT2D eigenvalue weighted by Gasteiger charge is 2.52. The van der Waals surface area contributed by atoms with Crippen LogP contribution in [0.3, 0.4) is 0 Å². The van der Waals surface area contributed by atoms with Crippen LogP contribution in [-0.2, 0) is 13.2 Å². The SMILES string of the molecule is COc1ccc(OCc2ccccc2)c(OCc2ccccc2)c1C(O)C1=C(C)CC[C@H]2C(C)(C)CCC[C@]12C. The van der Waals surface area contributed by atoms with Crippen molar-refractivity contribution in [2.75, 3.05) is 7.11 Å². The minimum atomic E-state index is -0.859. The maximum atomic E-state index is 12.4. The second kappa shape index (κ2) is 11.7. The van der Waals surface area contributed by atoms with Crippen molar-refractivity contribution >= 4 is 0 Å². The predicted octanol–water partition coefficient (Wildman–Crippen LogP) is 8.83. The molecule has 3 aromatic rings. The summed E-state index contributed by atoms with van der Waals surface area (Å²) in [7, 11) is 1.66. The number of fused-ring (bicyclic) bond motifs is 1. The van der Waals surface area contributed by atoms with Crippen molar-refractivity contribution in [2.45, 2.75) is 79.1 Å². The highest BCUT2D eigenvalue weighted by molar-refractivity contribution is 5.58. The van der Waals surface area contributed by atoms with Crippen molar-refractivity contribution in [3.63, 3.8) is 0 Å². The lowest BCUT2D eigenvalue weighted by molar-refractivity contribution is -0.00486. The Morgan fingerprint density at radius 1 is 0.825 bits per heavy atom. The fourth-order valence-corrected chi connectivity index (χ4v) is 7.55. The fourth-order valence-electron chi connectivity index (χ4n) is 7.55. The predicted molar refractivity (Wildman–Crippen MR) is 161 cm³/mol. The number of rotatable bonds is 9. The van der Waals surface area contributed by atoms with Gasteiger partial charge in [-0.1, -0.05) is 93.4 Å². The Morgan fingerprint density at radius 3 is 2.05 bits per heavy atom. The van der Waals surface area contributed by atoms with Gasteiger partial charge in [-0.15, -0.1) is 0 Å². The molecule has 0 radical (unpaired) electrons. The summed E-state index contributed by atoms with van der Waals surface area (Å²) in [6.45, 7) is 10.2. The topological polar surface area (TPSA) is 47.9 Å². The van der Waals surface area contributed by atoms with Crippen LogP contribution in [0.15, 0.2) is 83.9 Å². The minimum Gasteiger partial charge on any atom is -0.496 e. The van der Waals surface area contributed by atoms with Gasteiger partial charge >= 0.3 is 0 Å².